The number of aromatic nitrogens is 2. The Bertz CT molecular complexity index is 4520. The predicted octanol–water partition coefficient (Wildman–Crippen LogP) is 19.5. The zero-order valence-electron chi connectivity index (χ0n) is 40.4. The van der Waals surface area contributed by atoms with Crippen molar-refractivity contribution in [1.82, 2.24) is 9.13 Å². The summed E-state index contributed by atoms with van der Waals surface area (Å²) < 4.78 is 11.6. The van der Waals surface area contributed by atoms with Crippen LogP contribution in [0.25, 0.3) is 110 Å². The van der Waals surface area contributed by atoms with E-state index >= 15 is 0 Å². The summed E-state index contributed by atoms with van der Waals surface area (Å²) in [5.74, 6) is 0. The van der Waals surface area contributed by atoms with Crippen molar-refractivity contribution in [3.63, 3.8) is 0 Å². The van der Waals surface area contributed by atoms with Gasteiger partial charge in [-0.2, -0.15) is 0 Å². The van der Waals surface area contributed by atoms with Crippen LogP contribution in [-0.2, 0) is 5.41 Å². The third-order valence-electron chi connectivity index (χ3n) is 15.7. The largest absolute Gasteiger partial charge is 0.456 e. The van der Waals surface area contributed by atoms with E-state index in [9.17, 15) is 0 Å². The first kappa shape index (κ1) is 43.4. The molecule has 0 radical (unpaired) electrons. The molecule has 0 aliphatic heterocycles. The van der Waals surface area contributed by atoms with Gasteiger partial charge in [0.25, 0.3) is 0 Å². The van der Waals surface area contributed by atoms with Crippen molar-refractivity contribution in [3.8, 4) is 44.8 Å². The highest BCUT2D eigenvalue weighted by Gasteiger charge is 2.36. The van der Waals surface area contributed by atoms with E-state index in [0.29, 0.717) is 0 Å². The lowest BCUT2D eigenvalue weighted by atomic mass is 9.82. The average molecular weight is 950 g/mol. The van der Waals surface area contributed by atoms with E-state index < -0.39 is 0 Å². The van der Waals surface area contributed by atoms with E-state index in [0.717, 1.165) is 67.1 Å². The van der Waals surface area contributed by atoms with Crippen LogP contribution in [0.2, 0.25) is 0 Å². The topological polar surface area (TPSA) is 26.2 Å². The second kappa shape index (κ2) is 16.6. The minimum absolute atomic E-state index is 0. The number of furan rings is 1. The van der Waals surface area contributed by atoms with E-state index in [1.165, 1.54) is 71.4 Å². The number of hydrogen-bond acceptors (Lipinski definition) is 2. The highest BCUT2D eigenvalue weighted by molar-refractivity contribution is 6.17. The molecular formula is C70H51N3O. The second-order valence-electron chi connectivity index (χ2n) is 20.1. The predicted molar refractivity (Wildman–Crippen MR) is 312 cm³/mol. The molecule has 0 saturated carbocycles. The highest BCUT2D eigenvalue weighted by atomic mass is 16.3. The summed E-state index contributed by atoms with van der Waals surface area (Å²) in [5, 5.41) is 7.10. The van der Waals surface area contributed by atoms with Crippen LogP contribution in [0.4, 0.5) is 17.1 Å². The number of hydrogen-bond donors (Lipinski definition) is 0. The third-order valence-corrected chi connectivity index (χ3v) is 15.7. The van der Waals surface area contributed by atoms with Crippen molar-refractivity contribution in [2.24, 2.45) is 0 Å². The van der Waals surface area contributed by atoms with Gasteiger partial charge in [-0.1, -0.05) is 167 Å². The van der Waals surface area contributed by atoms with Crippen molar-refractivity contribution < 1.29 is 4.42 Å². The molecule has 74 heavy (non-hydrogen) atoms. The Hall–Kier alpha value is -9.38. The van der Waals surface area contributed by atoms with E-state index in [1.54, 1.807) is 0 Å². The molecule has 11 aromatic carbocycles. The Morgan fingerprint density at radius 1 is 0.351 bits per heavy atom. The molecule has 0 saturated heterocycles. The van der Waals surface area contributed by atoms with Crippen LogP contribution < -0.4 is 4.90 Å². The maximum Gasteiger partial charge on any atom is 0.137 e. The standard InChI is InChI=1S/C69H47N3O.CH4/c1-69(2)58-25-12-9-21-52(58)53-38-37-50(43-59(53)69)70(49-35-31-44(32-36-49)51-24-15-28-63-67(51)55-23-11-14-27-61(55)72(63)48-19-7-4-8-20-48)64-29-16-30-66-68(64)57-42-46(34-40-65(57)73-66)45-33-39-62-56(41-45)54-22-10-13-26-60(54)71(62)47-17-5-3-6-18-47;/h3-43H,1-2H3;1H4. The second-order valence-corrected chi connectivity index (χ2v) is 20.1. The molecule has 0 unspecified atom stereocenters. The average Bonchev–Trinajstić information content (AvgIpc) is 4.17. The number of rotatable bonds is 7. The van der Waals surface area contributed by atoms with Crippen LogP contribution in [0.3, 0.4) is 0 Å². The van der Waals surface area contributed by atoms with Gasteiger partial charge >= 0.3 is 0 Å². The molecule has 352 valence electrons. The Labute approximate surface area is 430 Å². The molecule has 0 fully saturated rings. The van der Waals surface area contributed by atoms with Crippen molar-refractivity contribution in [3.05, 3.63) is 260 Å². The SMILES string of the molecule is C.CC1(C)c2ccccc2-c2ccc(N(c3ccc(-c4cccc5c4c4ccccc4n5-c4ccccc4)cc3)c3cccc4oc5ccc(-c6ccc7c(c6)c6ccccc6n7-c6ccccc6)cc5c34)cc21. The summed E-state index contributed by atoms with van der Waals surface area (Å²) in [4.78, 5) is 2.44. The van der Waals surface area contributed by atoms with Gasteiger partial charge in [0.15, 0.2) is 0 Å². The zero-order valence-corrected chi connectivity index (χ0v) is 40.4. The van der Waals surface area contributed by atoms with Crippen molar-refractivity contribution in [2.75, 3.05) is 4.90 Å². The lowest BCUT2D eigenvalue weighted by molar-refractivity contribution is 0.660. The molecule has 3 heterocycles. The van der Waals surface area contributed by atoms with Crippen LogP contribution >= 0.6 is 0 Å². The number of benzene rings is 11. The van der Waals surface area contributed by atoms with Gasteiger partial charge < -0.3 is 18.5 Å². The molecular weight excluding hydrogens is 899 g/mol. The van der Waals surface area contributed by atoms with E-state index in [2.05, 4.69) is 277 Å². The molecule has 0 bridgehead atoms. The fourth-order valence-corrected chi connectivity index (χ4v) is 12.3. The van der Waals surface area contributed by atoms with E-state index in [4.69, 9.17) is 4.42 Å². The molecule has 1 aliphatic carbocycles. The van der Waals surface area contributed by atoms with Gasteiger partial charge in [0.2, 0.25) is 0 Å². The van der Waals surface area contributed by atoms with Crippen molar-refractivity contribution >= 4 is 82.6 Å². The first-order valence-corrected chi connectivity index (χ1v) is 25.2. The summed E-state index contributed by atoms with van der Waals surface area (Å²) >= 11 is 0. The molecule has 1 aliphatic rings. The Balaban J connectivity index is 0.00000505. The summed E-state index contributed by atoms with van der Waals surface area (Å²) in [6.07, 6.45) is 0. The van der Waals surface area contributed by atoms with Gasteiger partial charge in [0.05, 0.1) is 33.1 Å². The van der Waals surface area contributed by atoms with E-state index in [-0.39, 0.29) is 12.8 Å². The normalized spacial score (nSPS) is 12.7. The van der Waals surface area contributed by atoms with Gasteiger partial charge in [-0.05, 0) is 148 Å². The van der Waals surface area contributed by atoms with Crippen molar-refractivity contribution in [2.45, 2.75) is 26.7 Å². The molecule has 3 aromatic heterocycles. The van der Waals surface area contributed by atoms with Gasteiger partial charge in [-0.3, -0.25) is 0 Å². The fraction of sp³-hybridized carbons (Fsp3) is 0.0571. The lowest BCUT2D eigenvalue weighted by Gasteiger charge is -2.29. The summed E-state index contributed by atoms with van der Waals surface area (Å²) in [7, 11) is 0. The molecule has 0 N–H and O–H groups in total. The van der Waals surface area contributed by atoms with Gasteiger partial charge in [-0.15, -0.1) is 0 Å². The quantitative estimate of drug-likeness (QED) is 0.159. The Morgan fingerprint density at radius 3 is 1.68 bits per heavy atom. The van der Waals surface area contributed by atoms with Crippen LogP contribution in [0.1, 0.15) is 32.4 Å². The molecule has 0 atom stereocenters. The van der Waals surface area contributed by atoms with Gasteiger partial charge in [0.1, 0.15) is 11.2 Å². The number of nitrogens with zero attached hydrogens (tertiary/aromatic N) is 3. The minimum atomic E-state index is -0.174. The maximum atomic E-state index is 6.79. The van der Waals surface area contributed by atoms with Crippen LogP contribution in [0.15, 0.2) is 253 Å². The number of para-hydroxylation sites is 4. The van der Waals surface area contributed by atoms with Crippen LogP contribution in [-0.4, -0.2) is 9.13 Å². The number of anilines is 3. The lowest BCUT2D eigenvalue weighted by Crippen LogP contribution is -2.16. The Kier molecular flexibility index (Phi) is 9.73. The molecule has 15 rings (SSSR count). The molecule has 4 nitrogen and oxygen atoms in total. The van der Waals surface area contributed by atoms with Crippen LogP contribution in [0, 0.1) is 0 Å². The maximum absolute atomic E-state index is 6.79. The van der Waals surface area contributed by atoms with Crippen LogP contribution in [0.5, 0.6) is 0 Å². The minimum Gasteiger partial charge on any atom is -0.456 e. The monoisotopic (exact) mass is 949 g/mol. The summed E-state index contributed by atoms with van der Waals surface area (Å²) in [5.41, 5.74) is 21.8. The first-order valence-electron chi connectivity index (χ1n) is 25.2. The molecule has 14 aromatic rings. The van der Waals surface area contributed by atoms with Crippen molar-refractivity contribution in [1.29, 1.82) is 0 Å². The highest BCUT2D eigenvalue weighted by Crippen LogP contribution is 2.52. The summed E-state index contributed by atoms with van der Waals surface area (Å²) in [6, 6.07) is 90.8. The fourth-order valence-electron chi connectivity index (χ4n) is 12.3. The molecule has 0 amide bonds. The first-order chi connectivity index (χ1) is 36.0. The summed E-state index contributed by atoms with van der Waals surface area (Å²) in [6.45, 7) is 4.72. The third kappa shape index (κ3) is 6.41. The molecule has 4 heteroatoms. The zero-order chi connectivity index (χ0) is 48.4. The van der Waals surface area contributed by atoms with Gasteiger partial charge in [-0.25, -0.2) is 0 Å². The number of fused-ring (bicyclic) bond motifs is 12. The van der Waals surface area contributed by atoms with Gasteiger partial charge in [0, 0.05) is 55.1 Å². The Morgan fingerprint density at radius 2 is 0.905 bits per heavy atom. The van der Waals surface area contributed by atoms with E-state index in [1.807, 2.05) is 0 Å². The smallest absolute Gasteiger partial charge is 0.137 e. The molecule has 0 spiro atoms.